The molecule has 0 radical (unpaired) electrons. The van der Waals surface area contributed by atoms with Gasteiger partial charge in [0.05, 0.1) is 24.9 Å². The van der Waals surface area contributed by atoms with E-state index in [4.69, 9.17) is 14.0 Å². The third-order valence-electron chi connectivity index (χ3n) is 4.74. The van der Waals surface area contributed by atoms with Gasteiger partial charge in [-0.15, -0.1) is 0 Å². The number of halogens is 1. The number of benzene rings is 1. The summed E-state index contributed by atoms with van der Waals surface area (Å²) in [5, 5.41) is 4.35. The average molecular weight is 332 g/mol. The molecule has 2 aromatic rings. The van der Waals surface area contributed by atoms with Gasteiger partial charge in [-0.1, -0.05) is 6.07 Å². The second kappa shape index (κ2) is 5.90. The van der Waals surface area contributed by atoms with E-state index in [0.717, 1.165) is 11.0 Å². The van der Waals surface area contributed by atoms with Gasteiger partial charge in [0.1, 0.15) is 0 Å². The molecule has 0 bridgehead atoms. The number of hydrogen-bond acceptors (Lipinski definition) is 4. The van der Waals surface area contributed by atoms with Crippen LogP contribution in [0.4, 0.5) is 4.39 Å². The predicted molar refractivity (Wildman–Crippen MR) is 90.0 cm³/mol. The van der Waals surface area contributed by atoms with Gasteiger partial charge in [0, 0.05) is 17.9 Å². The Hall–Kier alpha value is -1.86. The molecule has 3 rings (SSSR count). The highest BCUT2D eigenvalue weighted by Crippen LogP contribution is 2.36. The van der Waals surface area contributed by atoms with Crippen molar-refractivity contribution in [3.05, 3.63) is 42.0 Å². The fourth-order valence-corrected chi connectivity index (χ4v) is 2.56. The highest BCUT2D eigenvalue weighted by Gasteiger charge is 2.52. The Bertz CT molecular complexity index is 729. The van der Waals surface area contributed by atoms with Crippen molar-refractivity contribution in [1.29, 1.82) is 0 Å². The highest BCUT2D eigenvalue weighted by molar-refractivity contribution is 6.61. The van der Waals surface area contributed by atoms with Crippen molar-refractivity contribution >= 4 is 12.6 Å². The Morgan fingerprint density at radius 3 is 2.50 bits per heavy atom. The third kappa shape index (κ3) is 3.06. The van der Waals surface area contributed by atoms with Gasteiger partial charge >= 0.3 is 7.12 Å². The first-order valence-electron chi connectivity index (χ1n) is 7.92. The molecule has 2 heterocycles. The van der Waals surface area contributed by atoms with E-state index in [2.05, 4.69) is 5.10 Å². The van der Waals surface area contributed by atoms with E-state index < -0.39 is 7.12 Å². The van der Waals surface area contributed by atoms with Crippen LogP contribution in [-0.4, -0.2) is 35.2 Å². The Morgan fingerprint density at radius 2 is 1.88 bits per heavy atom. The maximum atomic E-state index is 13.5. The van der Waals surface area contributed by atoms with Gasteiger partial charge in [-0.05, 0) is 45.4 Å². The number of aromatic nitrogens is 2. The first kappa shape index (κ1) is 17.0. The zero-order chi connectivity index (χ0) is 17.5. The van der Waals surface area contributed by atoms with E-state index in [1.807, 2.05) is 33.9 Å². The molecule has 5 nitrogen and oxygen atoms in total. The molecule has 1 aromatic heterocycles. The van der Waals surface area contributed by atoms with Crippen LogP contribution in [-0.2, 0) is 15.9 Å². The summed E-state index contributed by atoms with van der Waals surface area (Å²) in [6.45, 7) is 8.57. The molecular formula is C17H22BFN2O3. The lowest BCUT2D eigenvalue weighted by atomic mass is 9.82. The van der Waals surface area contributed by atoms with E-state index >= 15 is 0 Å². The molecule has 1 aromatic carbocycles. The van der Waals surface area contributed by atoms with Gasteiger partial charge < -0.3 is 14.0 Å². The van der Waals surface area contributed by atoms with E-state index in [-0.39, 0.29) is 22.8 Å². The second-order valence-electron chi connectivity index (χ2n) is 7.03. The van der Waals surface area contributed by atoms with Crippen LogP contribution in [0.1, 0.15) is 33.3 Å². The zero-order valence-corrected chi connectivity index (χ0v) is 14.7. The van der Waals surface area contributed by atoms with Gasteiger partial charge in [-0.3, -0.25) is 4.68 Å². The molecule has 1 saturated heterocycles. The molecule has 24 heavy (non-hydrogen) atoms. The lowest BCUT2D eigenvalue weighted by Crippen LogP contribution is -2.41. The van der Waals surface area contributed by atoms with E-state index in [0.29, 0.717) is 6.54 Å². The Kier molecular flexibility index (Phi) is 4.17. The summed E-state index contributed by atoms with van der Waals surface area (Å²) < 4.78 is 32.3. The molecule has 1 aliphatic rings. The SMILES string of the molecule is COc1cc(Cn2cc(B3OC(C)(C)C(C)(C)O3)cn2)ccc1F. The number of hydrogen-bond donors (Lipinski definition) is 0. The molecule has 1 fully saturated rings. The minimum absolute atomic E-state index is 0.228. The van der Waals surface area contributed by atoms with E-state index in [1.54, 1.807) is 23.0 Å². The lowest BCUT2D eigenvalue weighted by Gasteiger charge is -2.32. The number of nitrogens with zero attached hydrogens (tertiary/aromatic N) is 2. The zero-order valence-electron chi connectivity index (χ0n) is 14.7. The maximum Gasteiger partial charge on any atom is 0.498 e. The van der Waals surface area contributed by atoms with Gasteiger partial charge in [0.2, 0.25) is 0 Å². The van der Waals surface area contributed by atoms with Crippen molar-refractivity contribution in [3.63, 3.8) is 0 Å². The summed E-state index contributed by atoms with van der Waals surface area (Å²) in [5.41, 5.74) is 0.994. The van der Waals surface area contributed by atoms with Crippen LogP contribution in [0.2, 0.25) is 0 Å². The fourth-order valence-electron chi connectivity index (χ4n) is 2.56. The summed E-state index contributed by atoms with van der Waals surface area (Å²) >= 11 is 0. The van der Waals surface area contributed by atoms with E-state index in [9.17, 15) is 4.39 Å². The van der Waals surface area contributed by atoms with Crippen LogP contribution in [0.5, 0.6) is 5.75 Å². The van der Waals surface area contributed by atoms with Crippen molar-refractivity contribution < 1.29 is 18.4 Å². The Balaban J connectivity index is 1.75. The molecule has 0 atom stereocenters. The van der Waals surface area contributed by atoms with Crippen LogP contribution >= 0.6 is 0 Å². The summed E-state index contributed by atoms with van der Waals surface area (Å²) in [7, 11) is 1.01. The van der Waals surface area contributed by atoms with Crippen LogP contribution in [0, 0.1) is 5.82 Å². The topological polar surface area (TPSA) is 45.5 Å². The van der Waals surface area contributed by atoms with Gasteiger partial charge in [-0.25, -0.2) is 4.39 Å². The summed E-state index contributed by atoms with van der Waals surface area (Å²) in [6.07, 6.45) is 3.63. The molecule has 0 unspecified atom stereocenters. The molecule has 0 spiro atoms. The normalized spacial score (nSPS) is 18.8. The first-order chi connectivity index (χ1) is 11.2. The number of methoxy groups -OCH3 is 1. The molecule has 0 saturated carbocycles. The van der Waals surface area contributed by atoms with Crippen molar-refractivity contribution in [2.75, 3.05) is 7.11 Å². The largest absolute Gasteiger partial charge is 0.498 e. The lowest BCUT2D eigenvalue weighted by molar-refractivity contribution is 0.00578. The standard InChI is InChI=1S/C17H22BFN2O3/c1-16(2)17(3,4)24-18(23-16)13-9-20-21(11-13)10-12-6-7-14(19)15(8-12)22-5/h6-9,11H,10H2,1-5H3. The minimum atomic E-state index is -0.438. The molecule has 0 amide bonds. The molecule has 128 valence electrons. The van der Waals surface area contributed by atoms with Crippen LogP contribution in [0.15, 0.2) is 30.6 Å². The Labute approximate surface area is 141 Å². The van der Waals surface area contributed by atoms with Crippen LogP contribution in [0.25, 0.3) is 0 Å². The molecule has 7 heteroatoms. The summed E-state index contributed by atoms with van der Waals surface area (Å²) in [6, 6.07) is 4.78. The molecule has 1 aliphatic heterocycles. The molecular weight excluding hydrogens is 310 g/mol. The second-order valence-corrected chi connectivity index (χ2v) is 7.03. The van der Waals surface area contributed by atoms with Gasteiger partial charge in [0.15, 0.2) is 11.6 Å². The third-order valence-corrected chi connectivity index (χ3v) is 4.74. The van der Waals surface area contributed by atoms with Crippen molar-refractivity contribution in [2.45, 2.75) is 45.4 Å². The molecule has 0 N–H and O–H groups in total. The summed E-state index contributed by atoms with van der Waals surface area (Å²) in [4.78, 5) is 0. The van der Waals surface area contributed by atoms with Gasteiger partial charge in [0.25, 0.3) is 0 Å². The van der Waals surface area contributed by atoms with Crippen molar-refractivity contribution in [1.82, 2.24) is 9.78 Å². The first-order valence-corrected chi connectivity index (χ1v) is 7.92. The maximum absolute atomic E-state index is 13.5. The quantitative estimate of drug-likeness (QED) is 0.807. The van der Waals surface area contributed by atoms with Crippen molar-refractivity contribution in [3.8, 4) is 5.75 Å². The van der Waals surface area contributed by atoms with Crippen LogP contribution < -0.4 is 10.2 Å². The average Bonchev–Trinajstić information content (AvgIpc) is 3.04. The fraction of sp³-hybridized carbons (Fsp3) is 0.471. The van der Waals surface area contributed by atoms with Crippen LogP contribution in [0.3, 0.4) is 0 Å². The number of ether oxygens (including phenoxy) is 1. The summed E-state index contributed by atoms with van der Waals surface area (Å²) in [5.74, 6) is -0.148. The highest BCUT2D eigenvalue weighted by atomic mass is 19.1. The van der Waals surface area contributed by atoms with Crippen molar-refractivity contribution in [2.24, 2.45) is 0 Å². The number of rotatable bonds is 4. The smallest absolute Gasteiger partial charge is 0.494 e. The van der Waals surface area contributed by atoms with Gasteiger partial charge in [-0.2, -0.15) is 5.10 Å². The molecule has 0 aliphatic carbocycles. The predicted octanol–water partition coefficient (Wildman–Crippen LogP) is 2.38. The van der Waals surface area contributed by atoms with E-state index in [1.165, 1.54) is 13.2 Å². The monoisotopic (exact) mass is 332 g/mol. The Morgan fingerprint density at radius 1 is 1.21 bits per heavy atom. The minimum Gasteiger partial charge on any atom is -0.494 e.